The molecule has 58 valence electrons. The Morgan fingerprint density at radius 2 is 2.17 bits per heavy atom. The minimum absolute atomic E-state index is 0.521. The Kier molecular flexibility index (Phi) is 1.60. The maximum atomic E-state index is 5.42. The zero-order chi connectivity index (χ0) is 8.39. The van der Waals surface area contributed by atoms with Crippen LogP contribution in [-0.4, -0.2) is 6.61 Å². The van der Waals surface area contributed by atoms with E-state index in [1.54, 1.807) is 0 Å². The summed E-state index contributed by atoms with van der Waals surface area (Å²) >= 11 is 0. The Bertz CT molecular complexity index is 369. The lowest BCUT2D eigenvalue weighted by atomic mass is 10.1. The lowest BCUT2D eigenvalue weighted by molar-refractivity contribution is 0.352. The Morgan fingerprint density at radius 3 is 3.00 bits per heavy atom. The second-order valence-corrected chi connectivity index (χ2v) is 2.64. The average Bonchev–Trinajstić information content (AvgIpc) is 2.17. The minimum Gasteiger partial charge on any atom is -0.488 e. The summed E-state index contributed by atoms with van der Waals surface area (Å²) in [5, 5.41) is 0. The molecule has 2 rings (SSSR count). The molecule has 1 aromatic carbocycles. The summed E-state index contributed by atoms with van der Waals surface area (Å²) < 4.78 is 5.42. The van der Waals surface area contributed by atoms with Gasteiger partial charge in [-0.15, -0.1) is 6.42 Å². The normalized spacial score (nSPS) is 13.8. The summed E-state index contributed by atoms with van der Waals surface area (Å²) in [6.45, 7) is 0.521. The summed E-state index contributed by atoms with van der Waals surface area (Å²) in [6, 6.07) is 7.86. The summed E-state index contributed by atoms with van der Waals surface area (Å²) in [7, 11) is 0. The van der Waals surface area contributed by atoms with Crippen molar-refractivity contribution in [2.75, 3.05) is 6.61 Å². The van der Waals surface area contributed by atoms with Gasteiger partial charge in [0.15, 0.2) is 0 Å². The van der Waals surface area contributed by atoms with Crippen molar-refractivity contribution in [1.82, 2.24) is 0 Å². The van der Waals surface area contributed by atoms with Crippen molar-refractivity contribution in [3.63, 3.8) is 0 Å². The van der Waals surface area contributed by atoms with E-state index in [9.17, 15) is 0 Å². The summed E-state index contributed by atoms with van der Waals surface area (Å²) in [5.41, 5.74) is 1.96. The van der Waals surface area contributed by atoms with Gasteiger partial charge in [-0.1, -0.05) is 24.1 Å². The predicted molar refractivity (Wildman–Crippen MR) is 48.7 cm³/mol. The standard InChI is InChI=1S/C11H8O/c1-2-9-7-10-5-3-4-6-11(10)12-8-9/h1,3-7H,8H2. The van der Waals surface area contributed by atoms with Crippen LogP contribution in [0, 0.1) is 12.3 Å². The van der Waals surface area contributed by atoms with Crippen LogP contribution in [-0.2, 0) is 0 Å². The minimum atomic E-state index is 0.521. The van der Waals surface area contributed by atoms with Crippen LogP contribution in [0.2, 0.25) is 0 Å². The van der Waals surface area contributed by atoms with E-state index in [-0.39, 0.29) is 0 Å². The molecule has 0 saturated carbocycles. The first-order chi connectivity index (χ1) is 5.90. The van der Waals surface area contributed by atoms with Gasteiger partial charge < -0.3 is 4.74 Å². The molecule has 1 aromatic rings. The number of hydrogen-bond acceptors (Lipinski definition) is 1. The van der Waals surface area contributed by atoms with Crippen molar-refractivity contribution >= 4 is 6.08 Å². The smallest absolute Gasteiger partial charge is 0.127 e. The number of terminal acetylenes is 1. The lowest BCUT2D eigenvalue weighted by Crippen LogP contribution is -2.05. The highest BCUT2D eigenvalue weighted by molar-refractivity contribution is 5.65. The first kappa shape index (κ1) is 7.00. The van der Waals surface area contributed by atoms with Crippen LogP contribution in [0.1, 0.15) is 5.56 Å². The zero-order valence-electron chi connectivity index (χ0n) is 6.58. The quantitative estimate of drug-likeness (QED) is 0.522. The third-order valence-electron chi connectivity index (χ3n) is 1.82. The molecule has 0 aliphatic carbocycles. The summed E-state index contributed by atoms with van der Waals surface area (Å²) in [6.07, 6.45) is 7.25. The first-order valence-corrected chi connectivity index (χ1v) is 3.79. The van der Waals surface area contributed by atoms with Crippen LogP contribution in [0.15, 0.2) is 29.8 Å². The molecule has 0 fully saturated rings. The number of hydrogen-bond donors (Lipinski definition) is 0. The van der Waals surface area contributed by atoms with Gasteiger partial charge in [0.25, 0.3) is 0 Å². The molecule has 1 heteroatoms. The molecule has 1 nitrogen and oxygen atoms in total. The van der Waals surface area contributed by atoms with E-state index in [0.29, 0.717) is 6.61 Å². The van der Waals surface area contributed by atoms with E-state index in [0.717, 1.165) is 16.9 Å². The van der Waals surface area contributed by atoms with Crippen molar-refractivity contribution in [3.8, 4) is 18.1 Å². The first-order valence-electron chi connectivity index (χ1n) is 3.79. The van der Waals surface area contributed by atoms with E-state index in [1.165, 1.54) is 0 Å². The Hall–Kier alpha value is -1.68. The van der Waals surface area contributed by atoms with Gasteiger partial charge in [0.05, 0.1) is 0 Å². The Morgan fingerprint density at radius 1 is 1.33 bits per heavy atom. The van der Waals surface area contributed by atoms with E-state index < -0.39 is 0 Å². The van der Waals surface area contributed by atoms with Crippen molar-refractivity contribution in [2.24, 2.45) is 0 Å². The fourth-order valence-electron chi connectivity index (χ4n) is 1.20. The van der Waals surface area contributed by atoms with Gasteiger partial charge in [-0.25, -0.2) is 0 Å². The Balaban J connectivity index is 2.49. The fourth-order valence-corrected chi connectivity index (χ4v) is 1.20. The van der Waals surface area contributed by atoms with Crippen LogP contribution in [0.3, 0.4) is 0 Å². The Labute approximate surface area is 71.7 Å². The molecule has 1 aliphatic heterocycles. The molecular formula is C11H8O. The maximum Gasteiger partial charge on any atom is 0.127 e. The van der Waals surface area contributed by atoms with Gasteiger partial charge in [0.1, 0.15) is 12.4 Å². The van der Waals surface area contributed by atoms with Crippen LogP contribution in [0.4, 0.5) is 0 Å². The molecule has 1 aliphatic rings. The van der Waals surface area contributed by atoms with Gasteiger partial charge in [-0.2, -0.15) is 0 Å². The summed E-state index contributed by atoms with van der Waals surface area (Å²) in [5.74, 6) is 3.49. The zero-order valence-corrected chi connectivity index (χ0v) is 6.58. The number of rotatable bonds is 0. The number of benzene rings is 1. The van der Waals surface area contributed by atoms with E-state index in [1.807, 2.05) is 30.3 Å². The number of fused-ring (bicyclic) bond motifs is 1. The van der Waals surface area contributed by atoms with Gasteiger partial charge in [0.2, 0.25) is 0 Å². The van der Waals surface area contributed by atoms with E-state index in [2.05, 4.69) is 5.92 Å². The SMILES string of the molecule is C#CC1=Cc2ccccc2OC1. The monoisotopic (exact) mass is 156 g/mol. The molecule has 0 aromatic heterocycles. The second-order valence-electron chi connectivity index (χ2n) is 2.64. The van der Waals surface area contributed by atoms with Gasteiger partial charge >= 0.3 is 0 Å². The third kappa shape index (κ3) is 1.08. The van der Waals surface area contributed by atoms with Crippen molar-refractivity contribution < 1.29 is 4.74 Å². The molecule has 0 atom stereocenters. The molecule has 0 N–H and O–H groups in total. The highest BCUT2D eigenvalue weighted by Crippen LogP contribution is 2.24. The van der Waals surface area contributed by atoms with Crippen LogP contribution < -0.4 is 4.74 Å². The molecule has 0 unspecified atom stereocenters. The summed E-state index contributed by atoms with van der Waals surface area (Å²) in [4.78, 5) is 0. The number of para-hydroxylation sites is 1. The van der Waals surface area contributed by atoms with Crippen molar-refractivity contribution in [3.05, 3.63) is 35.4 Å². The van der Waals surface area contributed by atoms with Crippen molar-refractivity contribution in [1.29, 1.82) is 0 Å². The fraction of sp³-hybridized carbons (Fsp3) is 0.0909. The van der Waals surface area contributed by atoms with Crippen LogP contribution >= 0.6 is 0 Å². The molecule has 12 heavy (non-hydrogen) atoms. The maximum absolute atomic E-state index is 5.42. The van der Waals surface area contributed by atoms with Crippen LogP contribution in [0.25, 0.3) is 6.08 Å². The van der Waals surface area contributed by atoms with E-state index in [4.69, 9.17) is 11.2 Å². The van der Waals surface area contributed by atoms with E-state index >= 15 is 0 Å². The molecular weight excluding hydrogens is 148 g/mol. The molecule has 0 saturated heterocycles. The van der Waals surface area contributed by atoms with Gasteiger partial charge in [0, 0.05) is 11.1 Å². The highest BCUT2D eigenvalue weighted by Gasteiger charge is 2.07. The van der Waals surface area contributed by atoms with Gasteiger partial charge in [-0.3, -0.25) is 0 Å². The topological polar surface area (TPSA) is 9.23 Å². The lowest BCUT2D eigenvalue weighted by Gasteiger charge is -2.14. The van der Waals surface area contributed by atoms with Crippen LogP contribution in [0.5, 0.6) is 5.75 Å². The average molecular weight is 156 g/mol. The largest absolute Gasteiger partial charge is 0.488 e. The molecule has 0 spiro atoms. The molecule has 0 radical (unpaired) electrons. The highest BCUT2D eigenvalue weighted by atomic mass is 16.5. The van der Waals surface area contributed by atoms with Gasteiger partial charge in [-0.05, 0) is 12.1 Å². The molecule has 0 amide bonds. The molecule has 0 bridgehead atoms. The molecule has 1 heterocycles. The second kappa shape index (κ2) is 2.75. The third-order valence-corrected chi connectivity index (χ3v) is 1.82. The van der Waals surface area contributed by atoms with Crippen molar-refractivity contribution in [2.45, 2.75) is 0 Å². The predicted octanol–water partition coefficient (Wildman–Crippen LogP) is 2.10. The number of ether oxygens (including phenoxy) is 1.